The van der Waals surface area contributed by atoms with Crippen LogP contribution < -0.4 is 0 Å². The topological polar surface area (TPSA) is 77.8 Å². The van der Waals surface area contributed by atoms with Crippen molar-refractivity contribution in [2.24, 2.45) is 11.8 Å². The summed E-state index contributed by atoms with van der Waals surface area (Å²) in [6, 6.07) is 7.20. The molecule has 1 saturated carbocycles. The number of hydrogen-bond acceptors (Lipinski definition) is 4. The zero-order chi connectivity index (χ0) is 17.3. The van der Waals surface area contributed by atoms with Gasteiger partial charge in [0, 0.05) is 13.1 Å². The minimum Gasteiger partial charge on any atom is -0.390 e. The van der Waals surface area contributed by atoms with Crippen LogP contribution in [0, 0.1) is 11.8 Å². The third-order valence-electron chi connectivity index (χ3n) is 5.46. The molecule has 0 aromatic heterocycles. The van der Waals surface area contributed by atoms with Crippen molar-refractivity contribution in [3.63, 3.8) is 0 Å². The van der Waals surface area contributed by atoms with E-state index in [9.17, 15) is 18.6 Å². The van der Waals surface area contributed by atoms with Crippen molar-refractivity contribution >= 4 is 10.0 Å². The summed E-state index contributed by atoms with van der Waals surface area (Å²) in [4.78, 5) is 0.336. The third kappa shape index (κ3) is 3.52. The first kappa shape index (κ1) is 17.9. The van der Waals surface area contributed by atoms with Crippen molar-refractivity contribution in [1.82, 2.24) is 4.31 Å². The van der Waals surface area contributed by atoms with E-state index in [2.05, 4.69) is 6.92 Å². The fraction of sp³-hybridized carbons (Fsp3) is 0.667. The molecule has 1 aromatic rings. The fourth-order valence-corrected chi connectivity index (χ4v) is 5.47. The second kappa shape index (κ2) is 7.12. The van der Waals surface area contributed by atoms with Gasteiger partial charge in [-0.1, -0.05) is 25.5 Å². The van der Waals surface area contributed by atoms with Gasteiger partial charge in [0.1, 0.15) is 0 Å². The molecule has 5 nitrogen and oxygen atoms in total. The number of fused-ring (bicyclic) bond motifs is 1. The summed E-state index contributed by atoms with van der Waals surface area (Å²) in [6.45, 7) is 3.02. The van der Waals surface area contributed by atoms with Crippen LogP contribution in [0.2, 0.25) is 0 Å². The Kier molecular flexibility index (Phi) is 5.30. The van der Waals surface area contributed by atoms with E-state index in [4.69, 9.17) is 0 Å². The molecule has 2 N–H and O–H groups in total. The van der Waals surface area contributed by atoms with Gasteiger partial charge in [0.25, 0.3) is 0 Å². The second-order valence-corrected chi connectivity index (χ2v) is 9.13. The molecule has 2 fully saturated rings. The molecular weight excluding hydrogens is 326 g/mol. The molecule has 24 heavy (non-hydrogen) atoms. The standard InChI is InChI=1S/C18H27NO4S/c1-2-3-4-13-5-7-16(8-6-13)24(22,23)19-11-14-9-17(20)18(21)10-15(14)12-19/h5-8,14-15,17-18,20-21H,2-4,9-12H2,1H3/t14-,15+,17+,18-. The molecule has 1 aliphatic carbocycles. The fourth-order valence-electron chi connectivity index (χ4n) is 3.92. The molecule has 0 spiro atoms. The predicted molar refractivity (Wildman–Crippen MR) is 92.0 cm³/mol. The van der Waals surface area contributed by atoms with Gasteiger partial charge in [0.15, 0.2) is 0 Å². The quantitative estimate of drug-likeness (QED) is 0.846. The Morgan fingerprint density at radius 2 is 1.58 bits per heavy atom. The molecule has 4 atom stereocenters. The maximum absolute atomic E-state index is 12.9. The molecule has 0 radical (unpaired) electrons. The van der Waals surface area contributed by atoms with Gasteiger partial charge in [-0.3, -0.25) is 0 Å². The van der Waals surface area contributed by atoms with Gasteiger partial charge in [-0.15, -0.1) is 0 Å². The highest BCUT2D eigenvalue weighted by Gasteiger charge is 2.44. The molecule has 0 amide bonds. The van der Waals surface area contributed by atoms with Crippen molar-refractivity contribution < 1.29 is 18.6 Å². The minimum absolute atomic E-state index is 0.141. The molecule has 0 unspecified atom stereocenters. The summed E-state index contributed by atoms with van der Waals surface area (Å²) in [5.41, 5.74) is 1.16. The molecule has 0 bridgehead atoms. The van der Waals surface area contributed by atoms with E-state index >= 15 is 0 Å². The number of aryl methyl sites for hydroxylation is 1. The smallest absolute Gasteiger partial charge is 0.243 e. The molecule has 134 valence electrons. The van der Waals surface area contributed by atoms with E-state index < -0.39 is 22.2 Å². The van der Waals surface area contributed by atoms with Gasteiger partial charge < -0.3 is 10.2 Å². The first-order valence-electron chi connectivity index (χ1n) is 8.87. The van der Waals surface area contributed by atoms with Crippen molar-refractivity contribution in [3.05, 3.63) is 29.8 Å². The Labute approximate surface area is 144 Å². The number of benzene rings is 1. The third-order valence-corrected chi connectivity index (χ3v) is 7.30. The molecule has 1 aromatic carbocycles. The van der Waals surface area contributed by atoms with E-state index in [0.29, 0.717) is 30.8 Å². The van der Waals surface area contributed by atoms with Crippen LogP contribution in [-0.4, -0.2) is 48.2 Å². The van der Waals surface area contributed by atoms with Crippen LogP contribution in [0.3, 0.4) is 0 Å². The largest absolute Gasteiger partial charge is 0.390 e. The predicted octanol–water partition coefficient (Wildman–Crippen LogP) is 1.78. The molecule has 3 rings (SSSR count). The van der Waals surface area contributed by atoms with Crippen LogP contribution in [-0.2, 0) is 16.4 Å². The van der Waals surface area contributed by atoms with E-state index in [1.807, 2.05) is 12.1 Å². The van der Waals surface area contributed by atoms with Crippen LogP contribution in [0.15, 0.2) is 29.2 Å². The van der Waals surface area contributed by atoms with Gasteiger partial charge in [0.05, 0.1) is 17.1 Å². The Morgan fingerprint density at radius 3 is 2.08 bits per heavy atom. The Morgan fingerprint density at radius 1 is 1.04 bits per heavy atom. The number of aliphatic hydroxyl groups excluding tert-OH is 2. The number of sulfonamides is 1. The number of nitrogens with zero attached hydrogens (tertiary/aromatic N) is 1. The second-order valence-electron chi connectivity index (χ2n) is 7.20. The molecular formula is C18H27NO4S. The number of rotatable bonds is 5. The SMILES string of the molecule is CCCCc1ccc(S(=O)(=O)N2C[C@H]3C[C@H](O)[C@H](O)C[C@H]3C2)cc1. The molecule has 1 aliphatic heterocycles. The Hall–Kier alpha value is -0.950. The lowest BCUT2D eigenvalue weighted by Crippen LogP contribution is -2.38. The minimum atomic E-state index is -3.50. The van der Waals surface area contributed by atoms with E-state index in [0.717, 1.165) is 24.8 Å². The van der Waals surface area contributed by atoms with Crippen LogP contribution in [0.25, 0.3) is 0 Å². The molecule has 1 saturated heterocycles. The summed E-state index contributed by atoms with van der Waals surface area (Å²) >= 11 is 0. The van der Waals surface area contributed by atoms with Crippen molar-refractivity contribution in [1.29, 1.82) is 0 Å². The van der Waals surface area contributed by atoms with Crippen molar-refractivity contribution in [3.8, 4) is 0 Å². The van der Waals surface area contributed by atoms with Crippen molar-refractivity contribution in [2.75, 3.05) is 13.1 Å². The van der Waals surface area contributed by atoms with Gasteiger partial charge in [0.2, 0.25) is 10.0 Å². The lowest BCUT2D eigenvalue weighted by Gasteiger charge is -2.31. The highest BCUT2D eigenvalue weighted by atomic mass is 32.2. The van der Waals surface area contributed by atoms with Gasteiger partial charge in [-0.2, -0.15) is 4.31 Å². The highest BCUT2D eigenvalue weighted by molar-refractivity contribution is 7.89. The zero-order valence-corrected chi connectivity index (χ0v) is 15.0. The first-order chi connectivity index (χ1) is 11.4. The molecule has 1 heterocycles. The lowest BCUT2D eigenvalue weighted by atomic mass is 9.79. The normalized spacial score (nSPS) is 31.1. The highest BCUT2D eigenvalue weighted by Crippen LogP contribution is 2.38. The summed E-state index contributed by atoms with van der Waals surface area (Å²) in [6.07, 6.45) is 2.70. The van der Waals surface area contributed by atoms with E-state index in [-0.39, 0.29) is 11.8 Å². The summed E-state index contributed by atoms with van der Waals surface area (Å²) < 4.78 is 27.3. The number of unbranched alkanes of at least 4 members (excludes halogenated alkanes) is 1. The van der Waals surface area contributed by atoms with Crippen molar-refractivity contribution in [2.45, 2.75) is 56.1 Å². The average molecular weight is 353 g/mol. The maximum atomic E-state index is 12.9. The Balaban J connectivity index is 1.72. The zero-order valence-electron chi connectivity index (χ0n) is 14.1. The average Bonchev–Trinajstić information content (AvgIpc) is 2.97. The lowest BCUT2D eigenvalue weighted by molar-refractivity contribution is -0.0372. The van der Waals surface area contributed by atoms with Crippen LogP contribution >= 0.6 is 0 Å². The van der Waals surface area contributed by atoms with Crippen LogP contribution in [0.4, 0.5) is 0 Å². The van der Waals surface area contributed by atoms with Gasteiger partial charge >= 0.3 is 0 Å². The van der Waals surface area contributed by atoms with E-state index in [1.54, 1.807) is 12.1 Å². The Bertz CT molecular complexity index is 640. The number of aliphatic hydroxyl groups is 2. The summed E-state index contributed by atoms with van der Waals surface area (Å²) in [5.74, 6) is 0.281. The monoisotopic (exact) mass is 353 g/mol. The van der Waals surface area contributed by atoms with Gasteiger partial charge in [-0.05, 0) is 55.2 Å². The maximum Gasteiger partial charge on any atom is 0.243 e. The number of hydrogen-bond donors (Lipinski definition) is 2. The van der Waals surface area contributed by atoms with E-state index in [1.165, 1.54) is 4.31 Å². The molecule has 2 aliphatic rings. The molecule has 6 heteroatoms. The van der Waals surface area contributed by atoms with Gasteiger partial charge in [-0.25, -0.2) is 8.42 Å². The summed E-state index contributed by atoms with van der Waals surface area (Å²) in [5, 5.41) is 19.6. The summed E-state index contributed by atoms with van der Waals surface area (Å²) in [7, 11) is -3.50. The van der Waals surface area contributed by atoms with Crippen LogP contribution in [0.1, 0.15) is 38.2 Å². The first-order valence-corrected chi connectivity index (χ1v) is 10.3. The van der Waals surface area contributed by atoms with Crippen LogP contribution in [0.5, 0.6) is 0 Å².